The number of morpholine rings is 1. The number of rotatable bonds is 6. The number of amides is 1. The first-order valence-electron chi connectivity index (χ1n) is 7.88. The second-order valence-corrected chi connectivity index (χ2v) is 7.67. The van der Waals surface area contributed by atoms with Crippen molar-refractivity contribution in [3.63, 3.8) is 0 Å². The van der Waals surface area contributed by atoms with Gasteiger partial charge in [-0.05, 0) is 30.2 Å². The maximum Gasteiger partial charge on any atom is 0.241 e. The first-order chi connectivity index (χ1) is 11.3. The molecule has 2 rings (SSSR count). The first-order valence-corrected chi connectivity index (χ1v) is 9.36. The van der Waals surface area contributed by atoms with Crippen molar-refractivity contribution in [2.45, 2.75) is 24.8 Å². The van der Waals surface area contributed by atoms with Crippen LogP contribution in [0.15, 0.2) is 29.2 Å². The zero-order chi connectivity index (χ0) is 17.7. The Morgan fingerprint density at radius 3 is 2.29 bits per heavy atom. The van der Waals surface area contributed by atoms with E-state index < -0.39 is 16.1 Å². The Morgan fingerprint density at radius 2 is 1.79 bits per heavy atom. The molecule has 0 aromatic heterocycles. The van der Waals surface area contributed by atoms with Gasteiger partial charge >= 0.3 is 0 Å². The van der Waals surface area contributed by atoms with Crippen LogP contribution < -0.4 is 9.46 Å². The molecular formula is C16H24N2O5S. The zero-order valence-corrected chi connectivity index (χ0v) is 15.0. The van der Waals surface area contributed by atoms with Crippen LogP contribution in [-0.4, -0.2) is 58.7 Å². The number of carbonyl (C=O) groups excluding carboxylic acids is 1. The van der Waals surface area contributed by atoms with E-state index in [9.17, 15) is 13.2 Å². The van der Waals surface area contributed by atoms with Crippen molar-refractivity contribution in [3.8, 4) is 5.75 Å². The number of hydrogen-bond donors (Lipinski definition) is 1. The summed E-state index contributed by atoms with van der Waals surface area (Å²) in [6.07, 6.45) is 0. The van der Waals surface area contributed by atoms with Crippen LogP contribution >= 0.6 is 0 Å². The SMILES string of the molecule is COc1ccc(S(=O)(=O)N[C@@H](C(=O)N2CCOCC2)C(C)C)cc1. The molecule has 1 heterocycles. The van der Waals surface area contributed by atoms with Gasteiger partial charge in [-0.3, -0.25) is 4.79 Å². The summed E-state index contributed by atoms with van der Waals surface area (Å²) in [7, 11) is -2.29. The van der Waals surface area contributed by atoms with Crippen LogP contribution in [0.2, 0.25) is 0 Å². The van der Waals surface area contributed by atoms with Gasteiger partial charge in [0.1, 0.15) is 11.8 Å². The Kier molecular flexibility index (Phi) is 6.20. The Balaban J connectivity index is 2.17. The quantitative estimate of drug-likeness (QED) is 0.817. The van der Waals surface area contributed by atoms with Gasteiger partial charge in [0.2, 0.25) is 15.9 Å². The van der Waals surface area contributed by atoms with E-state index in [1.54, 1.807) is 17.0 Å². The summed E-state index contributed by atoms with van der Waals surface area (Å²) in [4.78, 5) is 14.4. The number of hydrogen-bond acceptors (Lipinski definition) is 5. The van der Waals surface area contributed by atoms with Crippen LogP contribution in [0, 0.1) is 5.92 Å². The molecule has 1 aliphatic heterocycles. The highest BCUT2D eigenvalue weighted by Crippen LogP contribution is 2.17. The maximum atomic E-state index is 12.7. The number of ether oxygens (including phenoxy) is 2. The molecule has 0 saturated carbocycles. The average Bonchev–Trinajstić information content (AvgIpc) is 2.59. The highest BCUT2D eigenvalue weighted by atomic mass is 32.2. The summed E-state index contributed by atoms with van der Waals surface area (Å²) in [5.74, 6) is 0.178. The van der Waals surface area contributed by atoms with Crippen molar-refractivity contribution in [1.29, 1.82) is 0 Å². The van der Waals surface area contributed by atoms with Gasteiger partial charge in [0, 0.05) is 13.1 Å². The first kappa shape index (κ1) is 18.7. The summed E-state index contributed by atoms with van der Waals surface area (Å²) in [5, 5.41) is 0. The van der Waals surface area contributed by atoms with E-state index in [1.807, 2.05) is 13.8 Å². The molecule has 0 radical (unpaired) electrons. The van der Waals surface area contributed by atoms with Gasteiger partial charge in [-0.1, -0.05) is 13.8 Å². The second-order valence-electron chi connectivity index (χ2n) is 5.96. The van der Waals surface area contributed by atoms with Gasteiger partial charge in [-0.15, -0.1) is 0 Å². The molecule has 1 N–H and O–H groups in total. The van der Waals surface area contributed by atoms with Crippen molar-refractivity contribution >= 4 is 15.9 Å². The molecule has 1 fully saturated rings. The lowest BCUT2D eigenvalue weighted by molar-refractivity contribution is -0.138. The molecule has 0 unspecified atom stereocenters. The monoisotopic (exact) mass is 356 g/mol. The molecule has 0 bridgehead atoms. The van der Waals surface area contributed by atoms with Crippen LogP contribution in [0.4, 0.5) is 0 Å². The van der Waals surface area contributed by atoms with Crippen molar-refractivity contribution in [3.05, 3.63) is 24.3 Å². The minimum absolute atomic E-state index is 0.101. The Hall–Kier alpha value is -1.64. The van der Waals surface area contributed by atoms with Gasteiger partial charge in [0.25, 0.3) is 0 Å². The fourth-order valence-electron chi connectivity index (χ4n) is 2.44. The number of sulfonamides is 1. The highest BCUT2D eigenvalue weighted by molar-refractivity contribution is 7.89. The molecule has 134 valence electrons. The van der Waals surface area contributed by atoms with Crippen LogP contribution in [-0.2, 0) is 19.6 Å². The van der Waals surface area contributed by atoms with Crippen LogP contribution in [0.1, 0.15) is 13.8 Å². The number of nitrogens with one attached hydrogen (secondary N) is 1. The molecule has 8 heteroatoms. The third-order valence-electron chi connectivity index (χ3n) is 3.91. The highest BCUT2D eigenvalue weighted by Gasteiger charge is 2.32. The summed E-state index contributed by atoms with van der Waals surface area (Å²) >= 11 is 0. The minimum atomic E-state index is -3.80. The molecule has 7 nitrogen and oxygen atoms in total. The fraction of sp³-hybridized carbons (Fsp3) is 0.562. The summed E-state index contributed by atoms with van der Waals surface area (Å²) in [6, 6.07) is 5.25. The Labute approximate surface area is 143 Å². The predicted molar refractivity (Wildman–Crippen MR) is 89.3 cm³/mol. The van der Waals surface area contributed by atoms with E-state index in [0.717, 1.165) is 0 Å². The molecule has 1 amide bonds. The Morgan fingerprint density at radius 1 is 1.21 bits per heavy atom. The summed E-state index contributed by atoms with van der Waals surface area (Å²) in [5.41, 5.74) is 0. The van der Waals surface area contributed by atoms with Crippen LogP contribution in [0.3, 0.4) is 0 Å². The normalized spacial score (nSPS) is 16.9. The number of carbonyl (C=O) groups is 1. The van der Waals surface area contributed by atoms with E-state index in [0.29, 0.717) is 32.1 Å². The standard InChI is InChI=1S/C16H24N2O5S/c1-12(2)15(16(19)18-8-10-23-11-9-18)17-24(20,21)14-6-4-13(22-3)5-7-14/h4-7,12,15,17H,8-11H2,1-3H3/t15-/m1/s1. The average molecular weight is 356 g/mol. The fourth-order valence-corrected chi connectivity index (χ4v) is 3.78. The van der Waals surface area contributed by atoms with Gasteiger partial charge < -0.3 is 14.4 Å². The van der Waals surface area contributed by atoms with Crippen molar-refractivity contribution in [2.75, 3.05) is 33.4 Å². The van der Waals surface area contributed by atoms with E-state index in [-0.39, 0.29) is 16.7 Å². The number of methoxy groups -OCH3 is 1. The lowest BCUT2D eigenvalue weighted by Crippen LogP contribution is -2.53. The van der Waals surface area contributed by atoms with Crippen molar-refractivity contribution in [1.82, 2.24) is 9.62 Å². The Bertz CT molecular complexity index is 652. The molecule has 0 spiro atoms. The van der Waals surface area contributed by atoms with E-state index in [4.69, 9.17) is 9.47 Å². The van der Waals surface area contributed by atoms with Gasteiger partial charge in [-0.25, -0.2) is 8.42 Å². The van der Waals surface area contributed by atoms with Gasteiger partial charge in [0.05, 0.1) is 25.2 Å². The van der Waals surface area contributed by atoms with Crippen molar-refractivity contribution < 1.29 is 22.7 Å². The topological polar surface area (TPSA) is 84.9 Å². The molecule has 1 saturated heterocycles. The minimum Gasteiger partial charge on any atom is -0.497 e. The summed E-state index contributed by atoms with van der Waals surface area (Å²) < 4.78 is 38.0. The van der Waals surface area contributed by atoms with E-state index in [2.05, 4.69) is 4.72 Å². The maximum absolute atomic E-state index is 12.7. The van der Waals surface area contributed by atoms with Crippen molar-refractivity contribution in [2.24, 2.45) is 5.92 Å². The molecule has 0 aliphatic carbocycles. The lowest BCUT2D eigenvalue weighted by atomic mass is 10.0. The predicted octanol–water partition coefficient (Wildman–Crippen LogP) is 0.857. The van der Waals surface area contributed by atoms with Crippen LogP contribution in [0.25, 0.3) is 0 Å². The molecular weight excluding hydrogens is 332 g/mol. The number of nitrogens with zero attached hydrogens (tertiary/aromatic N) is 1. The largest absolute Gasteiger partial charge is 0.497 e. The second kappa shape index (κ2) is 7.96. The number of benzene rings is 1. The molecule has 1 aliphatic rings. The zero-order valence-electron chi connectivity index (χ0n) is 14.2. The third-order valence-corrected chi connectivity index (χ3v) is 5.36. The lowest BCUT2D eigenvalue weighted by Gasteiger charge is -2.32. The van der Waals surface area contributed by atoms with E-state index in [1.165, 1.54) is 19.2 Å². The van der Waals surface area contributed by atoms with Gasteiger partial charge in [-0.2, -0.15) is 4.72 Å². The molecule has 24 heavy (non-hydrogen) atoms. The molecule has 1 atom stereocenters. The van der Waals surface area contributed by atoms with Gasteiger partial charge in [0.15, 0.2) is 0 Å². The summed E-state index contributed by atoms with van der Waals surface area (Å²) in [6.45, 7) is 5.54. The third kappa shape index (κ3) is 4.46. The molecule has 1 aromatic rings. The molecule has 1 aromatic carbocycles. The van der Waals surface area contributed by atoms with E-state index >= 15 is 0 Å². The smallest absolute Gasteiger partial charge is 0.241 e. The van der Waals surface area contributed by atoms with Crippen LogP contribution in [0.5, 0.6) is 5.75 Å².